The first-order valence-corrected chi connectivity index (χ1v) is 7.95. The molecule has 0 N–H and O–H groups in total. The number of rotatable bonds is 3. The highest BCUT2D eigenvalue weighted by molar-refractivity contribution is 5.56. The van der Waals surface area contributed by atoms with Crippen molar-refractivity contribution in [3.8, 4) is 0 Å². The lowest BCUT2D eigenvalue weighted by molar-refractivity contribution is 0.287. The van der Waals surface area contributed by atoms with Crippen LogP contribution >= 0.6 is 0 Å². The SMILES string of the molecule is CCC(/C=C\c1cc(C(C)(C)C)c(F)cc1C)C(C)(C)C. The van der Waals surface area contributed by atoms with Crippen LogP contribution in [0, 0.1) is 24.1 Å². The van der Waals surface area contributed by atoms with Crippen LogP contribution in [0.4, 0.5) is 4.39 Å². The minimum Gasteiger partial charge on any atom is -0.207 e. The van der Waals surface area contributed by atoms with E-state index < -0.39 is 0 Å². The number of allylic oxidation sites excluding steroid dienone is 1. The molecule has 1 unspecified atom stereocenters. The van der Waals surface area contributed by atoms with Crippen LogP contribution in [0.1, 0.15) is 71.6 Å². The molecule has 0 fully saturated rings. The van der Waals surface area contributed by atoms with E-state index in [1.54, 1.807) is 6.07 Å². The van der Waals surface area contributed by atoms with Gasteiger partial charge in [0.05, 0.1) is 0 Å². The number of aryl methyl sites for hydroxylation is 1. The van der Waals surface area contributed by atoms with Gasteiger partial charge >= 0.3 is 0 Å². The maximum Gasteiger partial charge on any atom is 0.127 e. The van der Waals surface area contributed by atoms with Crippen molar-refractivity contribution in [3.63, 3.8) is 0 Å². The molecule has 0 saturated carbocycles. The zero-order chi connectivity index (χ0) is 16.4. The van der Waals surface area contributed by atoms with Crippen LogP contribution in [0.5, 0.6) is 0 Å². The fourth-order valence-corrected chi connectivity index (χ4v) is 2.70. The van der Waals surface area contributed by atoms with Crippen LogP contribution < -0.4 is 0 Å². The second-order valence-electron chi connectivity index (χ2n) is 8.18. The van der Waals surface area contributed by atoms with Crippen LogP contribution in [-0.4, -0.2) is 0 Å². The van der Waals surface area contributed by atoms with Gasteiger partial charge in [0.25, 0.3) is 0 Å². The third-order valence-electron chi connectivity index (χ3n) is 4.22. The number of hydrogen-bond acceptors (Lipinski definition) is 0. The van der Waals surface area contributed by atoms with Gasteiger partial charge in [0.1, 0.15) is 5.82 Å². The van der Waals surface area contributed by atoms with Crippen LogP contribution in [0.3, 0.4) is 0 Å². The van der Waals surface area contributed by atoms with Gasteiger partial charge in [-0.2, -0.15) is 0 Å². The first-order valence-electron chi connectivity index (χ1n) is 7.95. The molecule has 0 aromatic heterocycles. The molecule has 0 nitrogen and oxygen atoms in total. The van der Waals surface area contributed by atoms with Crippen molar-refractivity contribution < 1.29 is 4.39 Å². The summed E-state index contributed by atoms with van der Waals surface area (Å²) >= 11 is 0. The summed E-state index contributed by atoms with van der Waals surface area (Å²) in [6, 6.07) is 3.68. The fourth-order valence-electron chi connectivity index (χ4n) is 2.70. The molecule has 1 atom stereocenters. The molecule has 0 aliphatic carbocycles. The maximum atomic E-state index is 14.2. The van der Waals surface area contributed by atoms with Crippen molar-refractivity contribution in [2.24, 2.45) is 11.3 Å². The molecule has 0 spiro atoms. The summed E-state index contributed by atoms with van der Waals surface area (Å²) in [6.07, 6.45) is 5.57. The van der Waals surface area contributed by atoms with E-state index in [0.29, 0.717) is 5.92 Å². The van der Waals surface area contributed by atoms with Crippen molar-refractivity contribution in [2.45, 2.75) is 67.2 Å². The quantitative estimate of drug-likeness (QED) is 0.594. The minimum atomic E-state index is -0.172. The lowest BCUT2D eigenvalue weighted by Gasteiger charge is -2.27. The Labute approximate surface area is 130 Å². The summed E-state index contributed by atoms with van der Waals surface area (Å²) in [5, 5.41) is 0. The Morgan fingerprint density at radius 3 is 2.10 bits per heavy atom. The first-order chi connectivity index (χ1) is 9.46. The molecule has 0 aliphatic rings. The standard InChI is InChI=1S/C20H31F/c1-9-16(19(3,4)5)11-10-15-13-17(20(6,7)8)18(21)12-14(15)2/h10-13,16H,9H2,1-8H3/b11-10-. The highest BCUT2D eigenvalue weighted by Crippen LogP contribution is 2.32. The predicted molar refractivity (Wildman–Crippen MR) is 92.1 cm³/mol. The average molecular weight is 290 g/mol. The molecule has 1 heteroatoms. The second kappa shape index (κ2) is 6.34. The maximum absolute atomic E-state index is 14.2. The Bertz CT molecular complexity index is 510. The summed E-state index contributed by atoms with van der Waals surface area (Å²) < 4.78 is 14.2. The molecule has 1 aromatic rings. The highest BCUT2D eigenvalue weighted by atomic mass is 19.1. The van der Waals surface area contributed by atoms with Crippen LogP contribution in [0.25, 0.3) is 6.08 Å². The van der Waals surface area contributed by atoms with Gasteiger partial charge in [-0.25, -0.2) is 4.39 Å². The third-order valence-corrected chi connectivity index (χ3v) is 4.22. The van der Waals surface area contributed by atoms with Gasteiger partial charge in [0.2, 0.25) is 0 Å². The van der Waals surface area contributed by atoms with E-state index in [1.807, 2.05) is 13.0 Å². The fraction of sp³-hybridized carbons (Fsp3) is 0.600. The molecule has 0 heterocycles. The third kappa shape index (κ3) is 4.69. The lowest BCUT2D eigenvalue weighted by Crippen LogP contribution is -2.17. The Morgan fingerprint density at radius 1 is 1.10 bits per heavy atom. The summed E-state index contributed by atoms with van der Waals surface area (Å²) in [6.45, 7) is 17.2. The van der Waals surface area contributed by atoms with Crippen LogP contribution in [0.15, 0.2) is 18.2 Å². The van der Waals surface area contributed by atoms with Crippen molar-refractivity contribution in [3.05, 3.63) is 40.7 Å². The summed E-state index contributed by atoms with van der Waals surface area (Å²) in [5.74, 6) is 0.431. The smallest absolute Gasteiger partial charge is 0.127 e. The Morgan fingerprint density at radius 2 is 1.67 bits per heavy atom. The van der Waals surface area contributed by atoms with E-state index in [0.717, 1.165) is 23.1 Å². The molecule has 0 amide bonds. The van der Waals surface area contributed by atoms with Gasteiger partial charge in [-0.05, 0) is 58.9 Å². The Kier molecular flexibility index (Phi) is 5.41. The molecule has 21 heavy (non-hydrogen) atoms. The molecule has 118 valence electrons. The van der Waals surface area contributed by atoms with Crippen molar-refractivity contribution in [2.75, 3.05) is 0 Å². The Balaban J connectivity index is 3.20. The molecule has 1 rings (SSSR count). The van der Waals surface area contributed by atoms with Crippen LogP contribution in [-0.2, 0) is 5.41 Å². The number of benzene rings is 1. The van der Waals surface area contributed by atoms with Gasteiger partial charge in [0.15, 0.2) is 0 Å². The van der Waals surface area contributed by atoms with Crippen molar-refractivity contribution in [1.29, 1.82) is 0 Å². The summed E-state index contributed by atoms with van der Waals surface area (Å²) in [5.41, 5.74) is 3.00. The van der Waals surface area contributed by atoms with Crippen molar-refractivity contribution >= 4 is 6.08 Å². The summed E-state index contributed by atoms with van der Waals surface area (Å²) in [7, 11) is 0. The monoisotopic (exact) mass is 290 g/mol. The average Bonchev–Trinajstić information content (AvgIpc) is 2.28. The van der Waals surface area contributed by atoms with E-state index >= 15 is 0 Å². The minimum absolute atomic E-state index is 0.0972. The topological polar surface area (TPSA) is 0 Å². The molecule has 0 bridgehead atoms. The number of halogens is 1. The van der Waals surface area contributed by atoms with E-state index in [1.165, 1.54) is 0 Å². The van der Waals surface area contributed by atoms with E-state index in [2.05, 4.69) is 60.6 Å². The molecular weight excluding hydrogens is 259 g/mol. The zero-order valence-electron chi connectivity index (χ0n) is 15.0. The molecular formula is C20H31F. The van der Waals surface area contributed by atoms with Gasteiger partial charge < -0.3 is 0 Å². The predicted octanol–water partition coefficient (Wildman–Crippen LogP) is 6.52. The highest BCUT2D eigenvalue weighted by Gasteiger charge is 2.21. The second-order valence-corrected chi connectivity index (χ2v) is 8.18. The lowest BCUT2D eigenvalue weighted by atomic mass is 9.78. The molecule has 0 radical (unpaired) electrons. The Hall–Kier alpha value is -1.11. The van der Waals surface area contributed by atoms with E-state index in [9.17, 15) is 4.39 Å². The summed E-state index contributed by atoms with van der Waals surface area (Å²) in [4.78, 5) is 0. The van der Waals surface area contributed by atoms with E-state index in [-0.39, 0.29) is 16.6 Å². The van der Waals surface area contributed by atoms with Crippen LogP contribution in [0.2, 0.25) is 0 Å². The molecule has 1 aromatic carbocycles. The van der Waals surface area contributed by atoms with E-state index in [4.69, 9.17) is 0 Å². The van der Waals surface area contributed by atoms with Gasteiger partial charge in [0, 0.05) is 0 Å². The largest absolute Gasteiger partial charge is 0.207 e. The van der Waals surface area contributed by atoms with Crippen molar-refractivity contribution in [1.82, 2.24) is 0 Å². The molecule has 0 aliphatic heterocycles. The van der Waals surface area contributed by atoms with Gasteiger partial charge in [-0.3, -0.25) is 0 Å². The van der Waals surface area contributed by atoms with Gasteiger partial charge in [-0.15, -0.1) is 0 Å². The first kappa shape index (κ1) is 17.9. The molecule has 0 saturated heterocycles. The number of hydrogen-bond donors (Lipinski definition) is 0. The zero-order valence-corrected chi connectivity index (χ0v) is 15.0. The van der Waals surface area contributed by atoms with Gasteiger partial charge in [-0.1, -0.05) is 60.6 Å². The normalized spacial score (nSPS) is 14.7.